The first-order chi connectivity index (χ1) is 13.8. The van der Waals surface area contributed by atoms with Gasteiger partial charge in [0.15, 0.2) is 0 Å². The fraction of sp³-hybridized carbons (Fsp3) is 0.304. The van der Waals surface area contributed by atoms with Crippen molar-refractivity contribution in [2.75, 3.05) is 13.1 Å². The molecule has 2 aromatic carbocycles. The van der Waals surface area contributed by atoms with Crippen molar-refractivity contribution in [1.82, 2.24) is 20.1 Å². The number of piperidine rings is 1. The Hall–Kier alpha value is -2.92. The van der Waals surface area contributed by atoms with Crippen molar-refractivity contribution in [3.05, 3.63) is 76.7 Å². The highest BCUT2D eigenvalue weighted by molar-refractivity contribution is 6.03. The molecule has 2 N–H and O–H groups in total. The summed E-state index contributed by atoms with van der Waals surface area (Å²) in [5.41, 5.74) is 2.91. The minimum Gasteiger partial charge on any atom is -0.317 e. The van der Waals surface area contributed by atoms with Crippen LogP contribution in [0.1, 0.15) is 24.3 Å². The van der Waals surface area contributed by atoms with Gasteiger partial charge in [0.25, 0.3) is 5.56 Å². The quantitative estimate of drug-likeness (QED) is 0.575. The van der Waals surface area contributed by atoms with E-state index in [1.807, 2.05) is 22.8 Å². The molecule has 0 amide bonds. The topological polar surface area (TPSA) is 62.7 Å². The van der Waals surface area contributed by atoms with E-state index in [-0.39, 0.29) is 5.56 Å². The zero-order chi connectivity index (χ0) is 18.9. The molecule has 28 heavy (non-hydrogen) atoms. The number of aromatic amines is 1. The number of nitrogens with zero attached hydrogens (tertiary/aromatic N) is 2. The summed E-state index contributed by atoms with van der Waals surface area (Å²) in [5.74, 6) is 0.872. The number of fused-ring (bicyclic) bond motifs is 3. The molecule has 0 bridgehead atoms. The van der Waals surface area contributed by atoms with Crippen LogP contribution in [0.4, 0.5) is 0 Å². The smallest absolute Gasteiger partial charge is 0.276 e. The molecule has 5 nitrogen and oxygen atoms in total. The molecule has 1 saturated heterocycles. The monoisotopic (exact) mass is 372 g/mol. The second-order valence-corrected chi connectivity index (χ2v) is 7.70. The largest absolute Gasteiger partial charge is 0.317 e. The van der Waals surface area contributed by atoms with Crippen molar-refractivity contribution in [2.24, 2.45) is 5.92 Å². The summed E-state index contributed by atoms with van der Waals surface area (Å²) in [6.07, 6.45) is 4.03. The van der Waals surface area contributed by atoms with Crippen LogP contribution >= 0.6 is 0 Å². The van der Waals surface area contributed by atoms with Crippen LogP contribution in [0.3, 0.4) is 0 Å². The van der Waals surface area contributed by atoms with Crippen LogP contribution in [0.15, 0.2) is 65.6 Å². The Morgan fingerprint density at radius 2 is 1.75 bits per heavy atom. The number of hydrogen-bond donors (Lipinski definition) is 2. The van der Waals surface area contributed by atoms with Crippen LogP contribution in [-0.4, -0.2) is 27.9 Å². The molecule has 0 aliphatic carbocycles. The number of rotatable bonds is 4. The van der Waals surface area contributed by atoms with Crippen LogP contribution in [0.25, 0.3) is 21.8 Å². The zero-order valence-electron chi connectivity index (χ0n) is 15.8. The first-order valence-electron chi connectivity index (χ1n) is 10.0. The van der Waals surface area contributed by atoms with Gasteiger partial charge >= 0.3 is 0 Å². The lowest BCUT2D eigenvalue weighted by Gasteiger charge is -2.32. The Morgan fingerprint density at radius 3 is 2.57 bits per heavy atom. The van der Waals surface area contributed by atoms with Crippen molar-refractivity contribution in [2.45, 2.75) is 25.3 Å². The fourth-order valence-corrected chi connectivity index (χ4v) is 4.69. The maximum atomic E-state index is 13.3. The van der Waals surface area contributed by atoms with E-state index in [0.29, 0.717) is 23.9 Å². The van der Waals surface area contributed by atoms with Gasteiger partial charge in [-0.2, -0.15) is 5.10 Å². The molecule has 1 fully saturated rings. The number of para-hydroxylation sites is 1. The predicted molar refractivity (Wildman–Crippen MR) is 113 cm³/mol. The number of H-pyrrole nitrogens is 1. The Labute approximate surface area is 163 Å². The van der Waals surface area contributed by atoms with Crippen LogP contribution in [0.2, 0.25) is 0 Å². The lowest BCUT2D eigenvalue weighted by atomic mass is 9.80. The summed E-state index contributed by atoms with van der Waals surface area (Å²) in [5, 5.41) is 12.5. The average Bonchev–Trinajstić information content (AvgIpc) is 3.26. The van der Waals surface area contributed by atoms with Gasteiger partial charge in [-0.05, 0) is 43.5 Å². The molecular weight excluding hydrogens is 348 g/mol. The third-order valence-electron chi connectivity index (χ3n) is 6.14. The molecule has 2 aromatic heterocycles. The Bertz CT molecular complexity index is 1160. The third-order valence-corrected chi connectivity index (χ3v) is 6.14. The summed E-state index contributed by atoms with van der Waals surface area (Å²) in [6, 6.07) is 18.8. The number of benzene rings is 2. The maximum absolute atomic E-state index is 13.3. The summed E-state index contributed by atoms with van der Waals surface area (Å²) in [4.78, 5) is 13.3. The average molecular weight is 372 g/mol. The van der Waals surface area contributed by atoms with Crippen molar-refractivity contribution >= 4 is 21.8 Å². The molecule has 3 heterocycles. The van der Waals surface area contributed by atoms with Gasteiger partial charge in [0.1, 0.15) is 5.52 Å². The van der Waals surface area contributed by atoms with E-state index in [9.17, 15) is 4.79 Å². The molecular formula is C23H24N4O. The Morgan fingerprint density at radius 1 is 1.00 bits per heavy atom. The Kier molecular flexibility index (Phi) is 4.45. The van der Waals surface area contributed by atoms with E-state index >= 15 is 0 Å². The van der Waals surface area contributed by atoms with Gasteiger partial charge < -0.3 is 9.88 Å². The van der Waals surface area contributed by atoms with Gasteiger partial charge in [0.2, 0.25) is 0 Å². The third kappa shape index (κ3) is 2.92. The maximum Gasteiger partial charge on any atom is 0.276 e. The summed E-state index contributed by atoms with van der Waals surface area (Å²) < 4.78 is 1.95. The highest BCUT2D eigenvalue weighted by Gasteiger charge is 2.26. The van der Waals surface area contributed by atoms with Crippen LogP contribution < -0.4 is 10.9 Å². The van der Waals surface area contributed by atoms with E-state index in [2.05, 4.69) is 51.9 Å². The molecule has 4 aromatic rings. The lowest BCUT2D eigenvalue weighted by molar-refractivity contribution is 0.296. The molecule has 0 spiro atoms. The van der Waals surface area contributed by atoms with Crippen molar-refractivity contribution in [3.8, 4) is 0 Å². The second-order valence-electron chi connectivity index (χ2n) is 7.70. The molecule has 0 saturated carbocycles. The first-order valence-corrected chi connectivity index (χ1v) is 10.0. The first kappa shape index (κ1) is 17.2. The molecule has 0 radical (unpaired) electrons. The normalized spacial score (nSPS) is 16.6. The van der Waals surface area contributed by atoms with E-state index in [1.54, 1.807) is 6.20 Å². The zero-order valence-corrected chi connectivity index (χ0v) is 15.8. The van der Waals surface area contributed by atoms with Gasteiger partial charge in [0, 0.05) is 23.2 Å². The molecule has 1 atom stereocenters. The molecule has 1 aliphatic heterocycles. The fourth-order valence-electron chi connectivity index (χ4n) is 4.69. The highest BCUT2D eigenvalue weighted by atomic mass is 16.1. The van der Waals surface area contributed by atoms with Gasteiger partial charge in [-0.3, -0.25) is 9.89 Å². The summed E-state index contributed by atoms with van der Waals surface area (Å²) in [6.45, 7) is 2.77. The minimum atomic E-state index is 0.0149. The van der Waals surface area contributed by atoms with E-state index < -0.39 is 0 Å². The van der Waals surface area contributed by atoms with Crippen LogP contribution in [-0.2, 0) is 6.54 Å². The van der Waals surface area contributed by atoms with Crippen molar-refractivity contribution in [3.63, 3.8) is 0 Å². The number of nitrogens with one attached hydrogen (secondary N) is 2. The van der Waals surface area contributed by atoms with Gasteiger partial charge in [0.05, 0.1) is 11.7 Å². The Balaban J connectivity index is 1.67. The molecule has 5 rings (SSSR count). The van der Waals surface area contributed by atoms with E-state index in [1.165, 1.54) is 5.56 Å². The second kappa shape index (κ2) is 7.24. The molecule has 1 unspecified atom stereocenters. The van der Waals surface area contributed by atoms with E-state index in [4.69, 9.17) is 0 Å². The standard InChI is InChI=1S/C23H24N4O/c28-23-22-19(14-25-26-22)18-8-4-5-9-21(18)27(23)15-20(16-6-2-1-3-7-16)17-10-12-24-13-11-17/h1-9,14,17,20,24H,10-13,15H2,(H,25,26). The van der Waals surface area contributed by atoms with E-state index in [0.717, 1.165) is 42.2 Å². The highest BCUT2D eigenvalue weighted by Crippen LogP contribution is 2.33. The van der Waals surface area contributed by atoms with Crippen LogP contribution in [0.5, 0.6) is 0 Å². The number of hydrogen-bond acceptors (Lipinski definition) is 3. The van der Waals surface area contributed by atoms with Crippen molar-refractivity contribution < 1.29 is 0 Å². The van der Waals surface area contributed by atoms with Crippen LogP contribution in [0, 0.1) is 5.92 Å². The number of pyridine rings is 1. The summed E-state index contributed by atoms with van der Waals surface area (Å²) in [7, 11) is 0. The molecule has 142 valence electrons. The molecule has 1 aliphatic rings. The minimum absolute atomic E-state index is 0.0149. The van der Waals surface area contributed by atoms with Gasteiger partial charge in [-0.15, -0.1) is 0 Å². The summed E-state index contributed by atoms with van der Waals surface area (Å²) >= 11 is 0. The molecule has 5 heteroatoms. The number of aromatic nitrogens is 3. The predicted octanol–water partition coefficient (Wildman–Crippen LogP) is 3.66. The van der Waals surface area contributed by atoms with Gasteiger partial charge in [-0.25, -0.2) is 0 Å². The lowest BCUT2D eigenvalue weighted by Crippen LogP contribution is -2.34. The van der Waals surface area contributed by atoms with Crippen molar-refractivity contribution in [1.29, 1.82) is 0 Å². The van der Waals surface area contributed by atoms with Gasteiger partial charge in [-0.1, -0.05) is 48.5 Å². The SMILES string of the molecule is O=c1c2[nH]ncc2c2ccccc2n1CC(c1ccccc1)C1CCNCC1.